The van der Waals surface area contributed by atoms with Crippen LogP contribution in [0.5, 0.6) is 0 Å². The van der Waals surface area contributed by atoms with Gasteiger partial charge in [0.15, 0.2) is 5.65 Å². The summed E-state index contributed by atoms with van der Waals surface area (Å²) in [5.74, 6) is 1.10. The normalized spacial score (nSPS) is 18.7. The summed E-state index contributed by atoms with van der Waals surface area (Å²) in [5.41, 5.74) is 6.81. The molecule has 0 bridgehead atoms. The van der Waals surface area contributed by atoms with E-state index in [0.717, 1.165) is 74.5 Å². The number of aryl methyl sites for hydroxylation is 3. The zero-order valence-electron chi connectivity index (χ0n) is 21.5. The molecule has 2 saturated heterocycles. The van der Waals surface area contributed by atoms with Crippen LogP contribution in [-0.4, -0.2) is 76.3 Å². The first-order valence-electron chi connectivity index (χ1n) is 13.2. The van der Waals surface area contributed by atoms with Crippen molar-refractivity contribution >= 4 is 17.2 Å². The molecule has 186 valence electrons. The Morgan fingerprint density at radius 3 is 2.46 bits per heavy atom. The maximum atomic E-state index is 5.51. The Bertz CT molecular complexity index is 1150. The fourth-order valence-electron chi connectivity index (χ4n) is 5.55. The van der Waals surface area contributed by atoms with E-state index in [-0.39, 0.29) is 0 Å². The number of rotatable bonds is 7. The predicted octanol–water partition coefficient (Wildman–Crippen LogP) is 4.47. The van der Waals surface area contributed by atoms with Gasteiger partial charge < -0.3 is 9.30 Å². The minimum absolute atomic E-state index is 0.746. The molecule has 0 saturated carbocycles. The summed E-state index contributed by atoms with van der Waals surface area (Å²) in [7, 11) is 0. The van der Waals surface area contributed by atoms with E-state index in [1.807, 2.05) is 0 Å². The van der Waals surface area contributed by atoms with Crippen LogP contribution in [0.2, 0.25) is 0 Å². The minimum Gasteiger partial charge on any atom is -0.379 e. The molecule has 0 amide bonds. The lowest BCUT2D eigenvalue weighted by Crippen LogP contribution is -2.48. The van der Waals surface area contributed by atoms with Crippen molar-refractivity contribution in [1.29, 1.82) is 0 Å². The van der Waals surface area contributed by atoms with Gasteiger partial charge in [-0.1, -0.05) is 43.3 Å². The van der Waals surface area contributed by atoms with Crippen LogP contribution in [0.4, 0.5) is 0 Å². The Morgan fingerprint density at radius 1 is 1.00 bits per heavy atom. The number of hydrogen-bond acceptors (Lipinski definition) is 5. The van der Waals surface area contributed by atoms with Gasteiger partial charge in [-0.05, 0) is 62.5 Å². The Balaban J connectivity index is 1.17. The number of piperidine rings is 1. The van der Waals surface area contributed by atoms with Gasteiger partial charge in [-0.25, -0.2) is 9.97 Å². The second-order valence-corrected chi connectivity index (χ2v) is 10.0. The summed E-state index contributed by atoms with van der Waals surface area (Å²) in [5, 5.41) is 0. The molecular weight excluding hydrogens is 434 g/mol. The summed E-state index contributed by atoms with van der Waals surface area (Å²) in [6.07, 6.45) is 8.03. The average molecular weight is 474 g/mol. The van der Waals surface area contributed by atoms with Crippen LogP contribution in [0.15, 0.2) is 36.4 Å². The Kier molecular flexibility index (Phi) is 7.61. The van der Waals surface area contributed by atoms with E-state index in [2.05, 4.69) is 77.6 Å². The van der Waals surface area contributed by atoms with Gasteiger partial charge >= 0.3 is 0 Å². The Hall–Kier alpha value is -2.54. The smallest absolute Gasteiger partial charge is 0.160 e. The maximum absolute atomic E-state index is 5.51. The van der Waals surface area contributed by atoms with Gasteiger partial charge in [-0.2, -0.15) is 0 Å². The number of ether oxygens (including phenoxy) is 1. The van der Waals surface area contributed by atoms with Crippen LogP contribution in [0.25, 0.3) is 17.2 Å². The number of pyridine rings is 1. The van der Waals surface area contributed by atoms with Crippen molar-refractivity contribution in [1.82, 2.24) is 24.3 Å². The van der Waals surface area contributed by atoms with Gasteiger partial charge in [0, 0.05) is 37.8 Å². The highest BCUT2D eigenvalue weighted by Gasteiger charge is 2.25. The van der Waals surface area contributed by atoms with Crippen LogP contribution in [0, 0.1) is 13.8 Å². The van der Waals surface area contributed by atoms with E-state index in [1.165, 1.54) is 42.6 Å². The third kappa shape index (κ3) is 5.66. The number of benzene rings is 1. The second kappa shape index (κ2) is 11.0. The molecule has 0 radical (unpaired) electrons. The average Bonchev–Trinajstić information content (AvgIpc) is 3.23. The molecule has 35 heavy (non-hydrogen) atoms. The fraction of sp³-hybridized carbons (Fsp3) is 0.517. The number of hydrogen-bond donors (Lipinski definition) is 0. The molecule has 0 atom stereocenters. The van der Waals surface area contributed by atoms with Crippen molar-refractivity contribution < 1.29 is 4.74 Å². The molecular formula is C29H39N5O. The van der Waals surface area contributed by atoms with Crippen molar-refractivity contribution in [3.8, 4) is 0 Å². The number of imidazole rings is 1. The molecule has 0 unspecified atom stereocenters. The summed E-state index contributed by atoms with van der Waals surface area (Å²) >= 11 is 0. The molecule has 0 spiro atoms. The quantitative estimate of drug-likeness (QED) is 0.507. The molecule has 6 nitrogen and oxygen atoms in total. The summed E-state index contributed by atoms with van der Waals surface area (Å²) in [4.78, 5) is 14.9. The third-order valence-electron chi connectivity index (χ3n) is 7.53. The summed E-state index contributed by atoms with van der Waals surface area (Å²) < 4.78 is 7.79. The number of fused-ring (bicyclic) bond motifs is 1. The molecule has 5 rings (SSSR count). The lowest BCUT2D eigenvalue weighted by Gasteiger charge is -2.39. The first-order valence-corrected chi connectivity index (χ1v) is 13.2. The largest absolute Gasteiger partial charge is 0.379 e. The van der Waals surface area contributed by atoms with Crippen LogP contribution >= 0.6 is 0 Å². The topological polar surface area (TPSA) is 46.4 Å². The summed E-state index contributed by atoms with van der Waals surface area (Å²) in [6.45, 7) is 14.6. The maximum Gasteiger partial charge on any atom is 0.160 e. The number of nitrogens with zero attached hydrogens (tertiary/aromatic N) is 5. The first-order chi connectivity index (χ1) is 17.1. The van der Waals surface area contributed by atoms with Gasteiger partial charge in [0.05, 0.1) is 19.8 Å². The minimum atomic E-state index is 0.746. The SMILES string of the molecule is CCc1nc2c(C)cc(C)nc2n1Cc1ccc(/C=C/CN2CCC(N3CCOCC3)CC2)cc1. The molecule has 2 fully saturated rings. The predicted molar refractivity (Wildman–Crippen MR) is 143 cm³/mol. The van der Waals surface area contributed by atoms with Crippen molar-refractivity contribution in [2.75, 3.05) is 45.9 Å². The monoisotopic (exact) mass is 473 g/mol. The third-order valence-corrected chi connectivity index (χ3v) is 7.53. The van der Waals surface area contributed by atoms with E-state index in [9.17, 15) is 0 Å². The standard InChI is InChI=1S/C29H39N5O/c1-4-27-31-28-22(2)20-23(3)30-29(28)34(27)21-25-9-7-24(8-10-25)6-5-13-32-14-11-26(12-15-32)33-16-18-35-19-17-33/h5-10,20,26H,4,11-19,21H2,1-3H3/b6-5+. The molecule has 2 aliphatic rings. The van der Waals surface area contributed by atoms with Gasteiger partial charge in [0.1, 0.15) is 11.3 Å². The number of likely N-dealkylation sites (tertiary alicyclic amines) is 1. The van der Waals surface area contributed by atoms with Gasteiger partial charge in [-0.3, -0.25) is 9.80 Å². The second-order valence-electron chi connectivity index (χ2n) is 10.0. The van der Waals surface area contributed by atoms with Crippen LogP contribution in [-0.2, 0) is 17.7 Å². The highest BCUT2D eigenvalue weighted by atomic mass is 16.5. The van der Waals surface area contributed by atoms with Crippen molar-refractivity contribution in [3.05, 3.63) is 64.6 Å². The lowest BCUT2D eigenvalue weighted by atomic mass is 10.0. The highest BCUT2D eigenvalue weighted by molar-refractivity contribution is 5.76. The highest BCUT2D eigenvalue weighted by Crippen LogP contribution is 2.22. The molecule has 2 aliphatic heterocycles. The zero-order chi connectivity index (χ0) is 24.2. The molecule has 2 aromatic heterocycles. The summed E-state index contributed by atoms with van der Waals surface area (Å²) in [6, 6.07) is 11.8. The van der Waals surface area contributed by atoms with Crippen molar-refractivity contribution in [3.63, 3.8) is 0 Å². The molecule has 0 N–H and O–H groups in total. The van der Waals surface area contributed by atoms with Gasteiger partial charge in [0.2, 0.25) is 0 Å². The molecule has 6 heteroatoms. The van der Waals surface area contributed by atoms with Crippen LogP contribution < -0.4 is 0 Å². The fourth-order valence-corrected chi connectivity index (χ4v) is 5.55. The Labute approximate surface area is 209 Å². The lowest BCUT2D eigenvalue weighted by molar-refractivity contribution is 0.00184. The van der Waals surface area contributed by atoms with Crippen molar-refractivity contribution in [2.24, 2.45) is 0 Å². The van der Waals surface area contributed by atoms with E-state index >= 15 is 0 Å². The molecule has 3 aromatic rings. The Morgan fingerprint density at radius 2 is 1.74 bits per heavy atom. The number of aromatic nitrogens is 3. The van der Waals surface area contributed by atoms with E-state index < -0.39 is 0 Å². The first kappa shape index (κ1) is 24.2. The van der Waals surface area contributed by atoms with Crippen molar-refractivity contribution in [2.45, 2.75) is 52.6 Å². The molecule has 4 heterocycles. The molecule has 1 aromatic carbocycles. The van der Waals surface area contributed by atoms with E-state index in [4.69, 9.17) is 14.7 Å². The van der Waals surface area contributed by atoms with Gasteiger partial charge in [0.25, 0.3) is 0 Å². The van der Waals surface area contributed by atoms with E-state index in [1.54, 1.807) is 0 Å². The number of morpholine rings is 1. The van der Waals surface area contributed by atoms with Crippen LogP contribution in [0.3, 0.4) is 0 Å². The zero-order valence-corrected chi connectivity index (χ0v) is 21.5. The molecule has 0 aliphatic carbocycles. The van der Waals surface area contributed by atoms with Crippen LogP contribution in [0.1, 0.15) is 48.0 Å². The van der Waals surface area contributed by atoms with E-state index in [0.29, 0.717) is 0 Å². The van der Waals surface area contributed by atoms with Gasteiger partial charge in [-0.15, -0.1) is 0 Å².